The van der Waals surface area contributed by atoms with Gasteiger partial charge in [-0.2, -0.15) is 5.26 Å². The molecule has 1 nitrogen and oxygen atoms in total. The van der Waals surface area contributed by atoms with Crippen molar-refractivity contribution < 1.29 is 0 Å². The van der Waals surface area contributed by atoms with Crippen molar-refractivity contribution in [3.05, 3.63) is 11.6 Å². The van der Waals surface area contributed by atoms with Crippen LogP contribution in [0.5, 0.6) is 0 Å². The Bertz CT molecular complexity index is 218. The lowest BCUT2D eigenvalue weighted by Gasteiger charge is -2.23. The maximum Gasteiger partial charge on any atom is 0.0687 e. The van der Waals surface area contributed by atoms with Crippen LogP contribution in [0.4, 0.5) is 0 Å². The summed E-state index contributed by atoms with van der Waals surface area (Å²) in [6.07, 6.45) is 4.46. The van der Waals surface area contributed by atoms with Gasteiger partial charge in [-0.15, -0.1) is 0 Å². The fraction of sp³-hybridized carbons (Fsp3) is 0.700. The van der Waals surface area contributed by atoms with Crippen molar-refractivity contribution >= 4 is 0 Å². The summed E-state index contributed by atoms with van der Waals surface area (Å²) in [5, 5.41) is 8.87. The van der Waals surface area contributed by atoms with Gasteiger partial charge in [0.25, 0.3) is 0 Å². The molecule has 0 N–H and O–H groups in total. The molecular weight excluding hydrogens is 134 g/mol. The summed E-state index contributed by atoms with van der Waals surface area (Å²) in [5.74, 6) is 0.549. The minimum absolute atomic E-state index is 0.145. The van der Waals surface area contributed by atoms with E-state index in [1.54, 1.807) is 0 Å². The summed E-state index contributed by atoms with van der Waals surface area (Å²) in [6.45, 7) is 6.21. The molecule has 0 amide bonds. The molecule has 1 aliphatic rings. The van der Waals surface area contributed by atoms with Gasteiger partial charge in [0, 0.05) is 0 Å². The number of allylic oxidation sites excluding steroid dienone is 2. The monoisotopic (exact) mass is 149 g/mol. The van der Waals surface area contributed by atoms with Crippen LogP contribution in [0.15, 0.2) is 11.6 Å². The molecule has 0 saturated heterocycles. The quantitative estimate of drug-likeness (QED) is 0.526. The van der Waals surface area contributed by atoms with Crippen LogP contribution in [0.25, 0.3) is 0 Å². The van der Waals surface area contributed by atoms with Crippen LogP contribution in [0.3, 0.4) is 0 Å². The van der Waals surface area contributed by atoms with Crippen LogP contribution in [-0.2, 0) is 0 Å². The number of rotatable bonds is 1. The van der Waals surface area contributed by atoms with Gasteiger partial charge < -0.3 is 0 Å². The molecule has 60 valence electrons. The molecule has 0 aromatic heterocycles. The van der Waals surface area contributed by atoms with Gasteiger partial charge >= 0.3 is 0 Å². The van der Waals surface area contributed by atoms with Crippen molar-refractivity contribution in [3.63, 3.8) is 0 Å². The average Bonchev–Trinajstić information content (AvgIpc) is 2.36. The smallest absolute Gasteiger partial charge is 0.0687 e. The highest BCUT2D eigenvalue weighted by atomic mass is 14.4. The molecular formula is C10H15N. The molecule has 0 bridgehead atoms. The molecule has 1 rings (SSSR count). The van der Waals surface area contributed by atoms with Gasteiger partial charge in [0.2, 0.25) is 0 Å². The summed E-state index contributed by atoms with van der Waals surface area (Å²) >= 11 is 0. The third kappa shape index (κ3) is 1.63. The zero-order valence-corrected chi connectivity index (χ0v) is 7.52. The Kier molecular flexibility index (Phi) is 2.04. The Balaban J connectivity index is 2.61. The number of nitriles is 1. The Labute approximate surface area is 68.7 Å². The van der Waals surface area contributed by atoms with Gasteiger partial charge in [-0.3, -0.25) is 0 Å². The zero-order chi connectivity index (χ0) is 8.48. The predicted octanol–water partition coefficient (Wildman–Crippen LogP) is 2.89. The topological polar surface area (TPSA) is 23.8 Å². The fourth-order valence-electron chi connectivity index (χ4n) is 1.54. The van der Waals surface area contributed by atoms with E-state index in [0.717, 1.165) is 12.8 Å². The van der Waals surface area contributed by atoms with Gasteiger partial charge in [0.15, 0.2) is 0 Å². The molecule has 11 heavy (non-hydrogen) atoms. The van der Waals surface area contributed by atoms with Crippen LogP contribution in [0, 0.1) is 22.7 Å². The highest BCUT2D eigenvalue weighted by Crippen LogP contribution is 2.38. The van der Waals surface area contributed by atoms with Crippen molar-refractivity contribution in [2.24, 2.45) is 11.3 Å². The normalized spacial score (nSPS) is 24.5. The second-order valence-corrected chi connectivity index (χ2v) is 4.02. The largest absolute Gasteiger partial charge is 0.198 e. The van der Waals surface area contributed by atoms with E-state index < -0.39 is 0 Å². The van der Waals surface area contributed by atoms with Crippen molar-refractivity contribution in [2.75, 3.05) is 0 Å². The summed E-state index contributed by atoms with van der Waals surface area (Å²) in [5.41, 5.74) is 1.30. The van der Waals surface area contributed by atoms with Gasteiger partial charge in [-0.25, -0.2) is 0 Å². The summed E-state index contributed by atoms with van der Waals surface area (Å²) in [4.78, 5) is 0. The SMILES string of the molecule is CC1=CC[C@@H](C(C)(C)C#N)C1. The van der Waals surface area contributed by atoms with E-state index in [2.05, 4.69) is 19.1 Å². The van der Waals surface area contributed by atoms with Crippen LogP contribution in [-0.4, -0.2) is 0 Å². The predicted molar refractivity (Wildman–Crippen MR) is 45.9 cm³/mol. The molecule has 1 atom stereocenters. The Morgan fingerprint density at radius 1 is 1.64 bits per heavy atom. The number of hydrogen-bond acceptors (Lipinski definition) is 1. The molecule has 0 radical (unpaired) electrons. The van der Waals surface area contributed by atoms with Crippen molar-refractivity contribution in [1.82, 2.24) is 0 Å². The molecule has 1 aliphatic carbocycles. The average molecular weight is 149 g/mol. The van der Waals surface area contributed by atoms with Gasteiger partial charge in [0.1, 0.15) is 0 Å². The molecule has 0 heterocycles. The van der Waals surface area contributed by atoms with Gasteiger partial charge in [0.05, 0.1) is 11.5 Å². The van der Waals surface area contributed by atoms with Crippen LogP contribution < -0.4 is 0 Å². The summed E-state index contributed by atoms with van der Waals surface area (Å²) in [6, 6.07) is 2.37. The maximum atomic E-state index is 8.87. The standard InChI is InChI=1S/C10H15N/c1-8-4-5-9(6-8)10(2,3)7-11/h4,9H,5-6H2,1-3H3/t9-/m1/s1. The molecule has 0 unspecified atom stereocenters. The van der Waals surface area contributed by atoms with Crippen molar-refractivity contribution in [3.8, 4) is 6.07 Å². The maximum absolute atomic E-state index is 8.87. The zero-order valence-electron chi connectivity index (χ0n) is 7.52. The Morgan fingerprint density at radius 2 is 2.27 bits per heavy atom. The van der Waals surface area contributed by atoms with E-state index in [0.29, 0.717) is 5.92 Å². The van der Waals surface area contributed by atoms with E-state index in [1.807, 2.05) is 13.8 Å². The molecule has 0 spiro atoms. The van der Waals surface area contributed by atoms with Gasteiger partial charge in [-0.05, 0) is 39.5 Å². The third-order valence-corrected chi connectivity index (χ3v) is 2.63. The van der Waals surface area contributed by atoms with Crippen molar-refractivity contribution in [1.29, 1.82) is 5.26 Å². The number of nitrogens with zero attached hydrogens (tertiary/aromatic N) is 1. The molecule has 1 heteroatoms. The lowest BCUT2D eigenvalue weighted by molar-refractivity contribution is 0.307. The van der Waals surface area contributed by atoms with E-state index in [9.17, 15) is 0 Å². The second-order valence-electron chi connectivity index (χ2n) is 4.02. The Hall–Kier alpha value is -0.770. The highest BCUT2D eigenvalue weighted by Gasteiger charge is 2.31. The molecule has 0 aliphatic heterocycles. The Morgan fingerprint density at radius 3 is 2.64 bits per heavy atom. The minimum Gasteiger partial charge on any atom is -0.198 e. The first-order chi connectivity index (χ1) is 5.06. The first-order valence-electron chi connectivity index (χ1n) is 4.13. The lowest BCUT2D eigenvalue weighted by Crippen LogP contribution is -2.19. The van der Waals surface area contributed by atoms with E-state index in [-0.39, 0.29) is 5.41 Å². The van der Waals surface area contributed by atoms with Crippen LogP contribution in [0.2, 0.25) is 0 Å². The van der Waals surface area contributed by atoms with Crippen LogP contribution in [0.1, 0.15) is 33.6 Å². The first kappa shape index (κ1) is 8.33. The molecule has 0 aromatic carbocycles. The first-order valence-corrected chi connectivity index (χ1v) is 4.13. The van der Waals surface area contributed by atoms with E-state index in [4.69, 9.17) is 5.26 Å². The van der Waals surface area contributed by atoms with Gasteiger partial charge in [-0.1, -0.05) is 11.6 Å². The summed E-state index contributed by atoms with van der Waals surface area (Å²) in [7, 11) is 0. The molecule has 0 aromatic rings. The second kappa shape index (κ2) is 2.70. The van der Waals surface area contributed by atoms with E-state index in [1.165, 1.54) is 5.57 Å². The highest BCUT2D eigenvalue weighted by molar-refractivity contribution is 5.12. The van der Waals surface area contributed by atoms with Crippen molar-refractivity contribution in [2.45, 2.75) is 33.6 Å². The number of hydrogen-bond donors (Lipinski definition) is 0. The molecule has 0 saturated carbocycles. The fourth-order valence-corrected chi connectivity index (χ4v) is 1.54. The molecule has 0 fully saturated rings. The van der Waals surface area contributed by atoms with E-state index >= 15 is 0 Å². The minimum atomic E-state index is -0.145. The van der Waals surface area contributed by atoms with Crippen LogP contribution >= 0.6 is 0 Å². The lowest BCUT2D eigenvalue weighted by atomic mass is 9.78. The third-order valence-electron chi connectivity index (χ3n) is 2.63. The summed E-state index contributed by atoms with van der Waals surface area (Å²) < 4.78 is 0.